The summed E-state index contributed by atoms with van der Waals surface area (Å²) in [5.41, 5.74) is 18.0. The number of allylic oxidation sites excluding steroid dienone is 7. The van der Waals surface area contributed by atoms with Crippen LogP contribution in [0.5, 0.6) is 0 Å². The first-order chi connectivity index (χ1) is 29.4. The molecular formula is C60H56. The highest BCUT2D eigenvalue weighted by molar-refractivity contribution is 6.15. The lowest BCUT2D eigenvalue weighted by atomic mass is 9.64. The van der Waals surface area contributed by atoms with E-state index in [1.54, 1.807) is 0 Å². The third kappa shape index (κ3) is 6.71. The van der Waals surface area contributed by atoms with Gasteiger partial charge in [-0.25, -0.2) is 0 Å². The van der Waals surface area contributed by atoms with E-state index >= 15 is 0 Å². The normalized spacial score (nSPS) is 18.7. The summed E-state index contributed by atoms with van der Waals surface area (Å²) in [5, 5.41) is 5.39. The van der Waals surface area contributed by atoms with E-state index in [1.807, 2.05) is 0 Å². The quantitative estimate of drug-likeness (QED) is 0.128. The zero-order valence-corrected chi connectivity index (χ0v) is 35.7. The molecule has 0 heterocycles. The van der Waals surface area contributed by atoms with Crippen LogP contribution in [0.15, 0.2) is 181 Å². The lowest BCUT2D eigenvalue weighted by molar-refractivity contribution is 0.331. The van der Waals surface area contributed by atoms with Gasteiger partial charge >= 0.3 is 0 Å². The predicted octanol–water partition coefficient (Wildman–Crippen LogP) is 16.8. The summed E-state index contributed by atoms with van der Waals surface area (Å²) >= 11 is 0. The first kappa shape index (κ1) is 38.2. The Morgan fingerprint density at radius 3 is 1.98 bits per heavy atom. The maximum atomic E-state index is 2.55. The monoisotopic (exact) mass is 776 g/mol. The first-order valence-electron chi connectivity index (χ1n) is 22.6. The van der Waals surface area contributed by atoms with E-state index in [0.717, 1.165) is 38.5 Å². The molecule has 10 rings (SSSR count). The first-order valence-corrected chi connectivity index (χ1v) is 22.6. The van der Waals surface area contributed by atoms with E-state index in [2.05, 4.69) is 204 Å². The average Bonchev–Trinajstić information content (AvgIpc) is 3.32. The van der Waals surface area contributed by atoms with Gasteiger partial charge in [0.1, 0.15) is 0 Å². The molecule has 3 aliphatic carbocycles. The number of fused-ring (bicyclic) bond motifs is 3. The van der Waals surface area contributed by atoms with Crippen molar-refractivity contribution >= 4 is 27.6 Å². The Bertz CT molecular complexity index is 2820. The third-order valence-electron chi connectivity index (χ3n) is 14.7. The van der Waals surface area contributed by atoms with Gasteiger partial charge in [-0.1, -0.05) is 204 Å². The number of rotatable bonds is 9. The molecule has 3 aliphatic rings. The van der Waals surface area contributed by atoms with Gasteiger partial charge in [0.2, 0.25) is 0 Å². The SMILES string of the molecule is CCC(C)c1cccc(-c2cccc(C(C)(CC)C3C=CC4=C(C=CC(c5c6ccccc6c(-c6ccc(-c7cccc8c7C=CCC8)cc6)c6ccccc56)C4)C3)c2)c1. The minimum absolute atomic E-state index is 0.0298. The molecule has 296 valence electrons. The number of hydrogen-bond donors (Lipinski definition) is 0. The van der Waals surface area contributed by atoms with Crippen LogP contribution >= 0.6 is 0 Å². The van der Waals surface area contributed by atoms with Gasteiger partial charge in [0, 0.05) is 5.92 Å². The van der Waals surface area contributed by atoms with Crippen molar-refractivity contribution in [3.63, 3.8) is 0 Å². The lowest BCUT2D eigenvalue weighted by Crippen LogP contribution is -2.32. The summed E-state index contributed by atoms with van der Waals surface area (Å²) < 4.78 is 0. The van der Waals surface area contributed by atoms with E-state index in [1.165, 1.54) is 93.9 Å². The van der Waals surface area contributed by atoms with E-state index < -0.39 is 0 Å². The van der Waals surface area contributed by atoms with Gasteiger partial charge < -0.3 is 0 Å². The lowest BCUT2D eigenvalue weighted by Gasteiger charge is -2.39. The zero-order valence-electron chi connectivity index (χ0n) is 35.7. The number of benzene rings is 7. The molecule has 0 N–H and O–H groups in total. The van der Waals surface area contributed by atoms with Gasteiger partial charge in [-0.2, -0.15) is 0 Å². The Morgan fingerprint density at radius 1 is 0.600 bits per heavy atom. The summed E-state index contributed by atoms with van der Waals surface area (Å²) in [7, 11) is 0. The summed E-state index contributed by atoms with van der Waals surface area (Å²) in [5.74, 6) is 1.30. The highest BCUT2D eigenvalue weighted by Gasteiger charge is 2.36. The van der Waals surface area contributed by atoms with Crippen molar-refractivity contribution in [2.24, 2.45) is 5.92 Å². The smallest absolute Gasteiger partial charge is 0.00740 e. The van der Waals surface area contributed by atoms with Crippen LogP contribution in [0, 0.1) is 5.92 Å². The molecule has 7 aromatic rings. The molecule has 0 aliphatic heterocycles. The highest BCUT2D eigenvalue weighted by Crippen LogP contribution is 2.49. The summed E-state index contributed by atoms with van der Waals surface area (Å²) in [4.78, 5) is 0. The molecule has 60 heavy (non-hydrogen) atoms. The largest absolute Gasteiger partial charge is 0.0836 e. The van der Waals surface area contributed by atoms with Crippen molar-refractivity contribution in [2.45, 2.75) is 83.5 Å². The second-order valence-corrected chi connectivity index (χ2v) is 18.0. The fourth-order valence-corrected chi connectivity index (χ4v) is 10.7. The van der Waals surface area contributed by atoms with Crippen molar-refractivity contribution < 1.29 is 0 Å². The van der Waals surface area contributed by atoms with E-state index in [-0.39, 0.29) is 5.41 Å². The summed E-state index contributed by atoms with van der Waals surface area (Å²) in [6.45, 7) is 9.49. The fraction of sp³-hybridized carbons (Fsp3) is 0.233. The molecule has 0 nitrogen and oxygen atoms in total. The van der Waals surface area contributed by atoms with Crippen LogP contribution in [-0.2, 0) is 11.8 Å². The van der Waals surface area contributed by atoms with Gasteiger partial charge in [-0.3, -0.25) is 0 Å². The zero-order chi connectivity index (χ0) is 40.8. The van der Waals surface area contributed by atoms with Crippen LogP contribution in [0.4, 0.5) is 0 Å². The second-order valence-electron chi connectivity index (χ2n) is 18.0. The molecular weight excluding hydrogens is 721 g/mol. The Kier molecular flexibility index (Phi) is 10.1. The Balaban J connectivity index is 0.955. The molecule has 0 saturated carbocycles. The van der Waals surface area contributed by atoms with E-state index in [4.69, 9.17) is 0 Å². The Labute approximate surface area is 357 Å². The predicted molar refractivity (Wildman–Crippen MR) is 259 cm³/mol. The second kappa shape index (κ2) is 15.9. The van der Waals surface area contributed by atoms with Crippen LogP contribution in [0.3, 0.4) is 0 Å². The molecule has 0 amide bonds. The molecule has 4 unspecified atom stereocenters. The molecule has 0 spiro atoms. The van der Waals surface area contributed by atoms with Crippen LogP contribution in [-0.4, -0.2) is 0 Å². The minimum atomic E-state index is 0.0298. The molecule has 4 atom stereocenters. The van der Waals surface area contributed by atoms with Gasteiger partial charge in [0.15, 0.2) is 0 Å². The standard InChI is InChI=1S/C60H56/c1-5-40(3)44-18-13-19-45(36-44)46-20-14-21-50(38-46)60(4,6-2)51-35-34-47-37-49(33-32-48(47)39-51)59-56-25-11-9-23-54(56)58(55-24-10-12-26-57(55)59)43-30-28-42(29-31-43)53-27-15-17-41-16-7-8-22-52(41)53/h8-15,17-36,38,40,49,51H,5-7,16,37,39H2,1-4H3. The Morgan fingerprint density at radius 2 is 1.25 bits per heavy atom. The highest BCUT2D eigenvalue weighted by atomic mass is 14.4. The number of aryl methyl sites for hydroxylation is 1. The van der Waals surface area contributed by atoms with Gasteiger partial charge in [0.05, 0.1) is 0 Å². The molecule has 0 fully saturated rings. The topological polar surface area (TPSA) is 0 Å². The fourth-order valence-electron chi connectivity index (χ4n) is 10.7. The molecule has 7 aromatic carbocycles. The van der Waals surface area contributed by atoms with Gasteiger partial charge in [-0.05, 0) is 150 Å². The third-order valence-corrected chi connectivity index (χ3v) is 14.7. The van der Waals surface area contributed by atoms with E-state index in [0.29, 0.717) is 17.8 Å². The molecule has 0 bridgehead atoms. The van der Waals surface area contributed by atoms with Crippen LogP contribution in [0.1, 0.15) is 99.5 Å². The molecule has 0 heteroatoms. The van der Waals surface area contributed by atoms with Crippen molar-refractivity contribution in [2.75, 3.05) is 0 Å². The molecule has 0 radical (unpaired) electrons. The summed E-state index contributed by atoms with van der Waals surface area (Å²) in [6.07, 6.45) is 21.3. The van der Waals surface area contributed by atoms with Crippen molar-refractivity contribution in [3.8, 4) is 33.4 Å². The maximum Gasteiger partial charge on any atom is 0.00740 e. The van der Waals surface area contributed by atoms with Crippen LogP contribution in [0.2, 0.25) is 0 Å². The van der Waals surface area contributed by atoms with Gasteiger partial charge in [0.25, 0.3) is 0 Å². The van der Waals surface area contributed by atoms with E-state index in [9.17, 15) is 0 Å². The average molecular weight is 777 g/mol. The molecule has 0 saturated heterocycles. The van der Waals surface area contributed by atoms with Crippen molar-refractivity contribution in [1.82, 2.24) is 0 Å². The summed E-state index contributed by atoms with van der Waals surface area (Å²) in [6, 6.07) is 53.1. The van der Waals surface area contributed by atoms with Crippen LogP contribution in [0.25, 0.3) is 61.0 Å². The van der Waals surface area contributed by atoms with Crippen molar-refractivity contribution in [1.29, 1.82) is 0 Å². The van der Waals surface area contributed by atoms with Gasteiger partial charge in [-0.15, -0.1) is 0 Å². The minimum Gasteiger partial charge on any atom is -0.0836 e. The Hall–Kier alpha value is -5.98. The van der Waals surface area contributed by atoms with Crippen molar-refractivity contribution in [3.05, 3.63) is 209 Å². The molecule has 0 aromatic heterocycles. The number of hydrogen-bond acceptors (Lipinski definition) is 0. The maximum absolute atomic E-state index is 2.55. The van der Waals surface area contributed by atoms with Crippen LogP contribution < -0.4 is 0 Å².